The van der Waals surface area contributed by atoms with Gasteiger partial charge in [0.15, 0.2) is 0 Å². The molecule has 0 radical (unpaired) electrons. The lowest BCUT2D eigenvalue weighted by Gasteiger charge is -2.34. The Morgan fingerprint density at radius 1 is 1.04 bits per heavy atom. The smallest absolute Gasteiger partial charge is 0.224 e. The molecule has 0 bridgehead atoms. The number of hydrogen-bond acceptors (Lipinski definition) is 2. The van der Waals surface area contributed by atoms with Crippen molar-refractivity contribution in [2.24, 2.45) is 0 Å². The maximum atomic E-state index is 13.6. The van der Waals surface area contributed by atoms with E-state index in [1.54, 1.807) is 30.3 Å². The van der Waals surface area contributed by atoms with Crippen molar-refractivity contribution in [1.29, 1.82) is 0 Å². The summed E-state index contributed by atoms with van der Waals surface area (Å²) in [7, 11) is 0. The second kappa shape index (κ2) is 7.43. The zero-order valence-electron chi connectivity index (χ0n) is 13.3. The van der Waals surface area contributed by atoms with Crippen LogP contribution in [0.4, 0.5) is 14.5 Å². The Morgan fingerprint density at radius 2 is 1.71 bits per heavy atom. The highest BCUT2D eigenvalue weighted by atomic mass is 19.1. The fourth-order valence-corrected chi connectivity index (χ4v) is 3.03. The molecule has 1 aliphatic heterocycles. The van der Waals surface area contributed by atoms with Crippen LogP contribution in [0.1, 0.15) is 18.4 Å². The molecule has 24 heavy (non-hydrogen) atoms. The van der Waals surface area contributed by atoms with Gasteiger partial charge < -0.3 is 10.2 Å². The minimum Gasteiger partial charge on any atom is -0.371 e. The van der Waals surface area contributed by atoms with Gasteiger partial charge >= 0.3 is 0 Å². The Bertz CT molecular complexity index is 695. The summed E-state index contributed by atoms with van der Waals surface area (Å²) < 4.78 is 26.6. The van der Waals surface area contributed by atoms with E-state index in [0.29, 0.717) is 5.56 Å². The maximum absolute atomic E-state index is 13.6. The summed E-state index contributed by atoms with van der Waals surface area (Å²) in [5.41, 5.74) is 1.41. The number of carbonyl (C=O) groups excluding carboxylic acids is 1. The molecule has 0 saturated carbocycles. The molecule has 3 rings (SSSR count). The molecule has 1 N–H and O–H groups in total. The normalized spacial score (nSPS) is 15.3. The number of anilines is 1. The number of carbonyl (C=O) groups is 1. The largest absolute Gasteiger partial charge is 0.371 e. The number of benzene rings is 2. The fraction of sp³-hybridized carbons (Fsp3) is 0.316. The number of rotatable bonds is 4. The summed E-state index contributed by atoms with van der Waals surface area (Å²) in [4.78, 5) is 14.3. The molecule has 2 aromatic rings. The summed E-state index contributed by atoms with van der Waals surface area (Å²) in [6.45, 7) is 1.60. The molecule has 0 spiro atoms. The maximum Gasteiger partial charge on any atom is 0.224 e. The summed E-state index contributed by atoms with van der Waals surface area (Å²) >= 11 is 0. The van der Waals surface area contributed by atoms with Crippen molar-refractivity contribution in [3.05, 3.63) is 65.7 Å². The summed E-state index contributed by atoms with van der Waals surface area (Å²) in [5, 5.41) is 2.98. The van der Waals surface area contributed by atoms with Crippen molar-refractivity contribution >= 4 is 11.6 Å². The van der Waals surface area contributed by atoms with Crippen molar-refractivity contribution < 1.29 is 13.6 Å². The first-order valence-electron chi connectivity index (χ1n) is 8.15. The van der Waals surface area contributed by atoms with Gasteiger partial charge in [-0.2, -0.15) is 0 Å². The fourth-order valence-electron chi connectivity index (χ4n) is 3.03. The van der Waals surface area contributed by atoms with Gasteiger partial charge in [0.2, 0.25) is 5.91 Å². The van der Waals surface area contributed by atoms with Crippen LogP contribution < -0.4 is 10.2 Å². The average molecular weight is 330 g/mol. The van der Waals surface area contributed by atoms with Gasteiger partial charge in [0.25, 0.3) is 0 Å². The third-order valence-corrected chi connectivity index (χ3v) is 4.36. The first kappa shape index (κ1) is 16.4. The van der Waals surface area contributed by atoms with Crippen molar-refractivity contribution in [1.82, 2.24) is 5.32 Å². The molecule has 1 aliphatic rings. The minimum absolute atomic E-state index is 0.0604. The molecule has 0 unspecified atom stereocenters. The zero-order valence-corrected chi connectivity index (χ0v) is 13.3. The van der Waals surface area contributed by atoms with E-state index < -0.39 is 0 Å². The van der Waals surface area contributed by atoms with Crippen LogP contribution in [0.5, 0.6) is 0 Å². The average Bonchev–Trinajstić information content (AvgIpc) is 2.58. The predicted molar refractivity (Wildman–Crippen MR) is 89.9 cm³/mol. The molecule has 2 aromatic carbocycles. The lowest BCUT2D eigenvalue weighted by molar-refractivity contribution is -0.121. The van der Waals surface area contributed by atoms with Crippen LogP contribution in [0.3, 0.4) is 0 Å². The lowest BCUT2D eigenvalue weighted by atomic mass is 10.0. The van der Waals surface area contributed by atoms with E-state index in [9.17, 15) is 13.6 Å². The van der Waals surface area contributed by atoms with Gasteiger partial charge in [0.05, 0.1) is 6.42 Å². The summed E-state index contributed by atoms with van der Waals surface area (Å²) in [6, 6.07) is 12.9. The van der Waals surface area contributed by atoms with Crippen LogP contribution in [-0.4, -0.2) is 25.0 Å². The molecule has 1 heterocycles. The van der Waals surface area contributed by atoms with Crippen molar-refractivity contribution in [2.45, 2.75) is 25.3 Å². The highest BCUT2D eigenvalue weighted by molar-refractivity contribution is 5.79. The highest BCUT2D eigenvalue weighted by Gasteiger charge is 2.21. The highest BCUT2D eigenvalue weighted by Crippen LogP contribution is 2.20. The third kappa shape index (κ3) is 4.10. The van der Waals surface area contributed by atoms with Crippen LogP contribution >= 0.6 is 0 Å². The molecule has 5 heteroatoms. The Labute approximate surface area is 140 Å². The first-order chi connectivity index (χ1) is 11.6. The van der Waals surface area contributed by atoms with Gasteiger partial charge in [-0.25, -0.2) is 8.78 Å². The zero-order chi connectivity index (χ0) is 16.9. The molecule has 126 valence electrons. The standard InChI is InChI=1S/C19H20F2N2O/c20-15-5-7-17(8-6-15)23-11-9-16(10-12-23)22-19(24)13-14-3-1-2-4-18(14)21/h1-8,16H,9-13H2,(H,22,24). The van der Waals surface area contributed by atoms with Crippen LogP contribution in [0, 0.1) is 11.6 Å². The Morgan fingerprint density at radius 3 is 2.38 bits per heavy atom. The van der Waals surface area contributed by atoms with Crippen LogP contribution in [0.2, 0.25) is 0 Å². The lowest BCUT2D eigenvalue weighted by Crippen LogP contribution is -2.45. The number of nitrogens with zero attached hydrogens (tertiary/aromatic N) is 1. The molecule has 0 atom stereocenters. The van der Waals surface area contributed by atoms with Gasteiger partial charge in [-0.15, -0.1) is 0 Å². The summed E-state index contributed by atoms with van der Waals surface area (Å²) in [6.07, 6.45) is 1.70. The van der Waals surface area contributed by atoms with Crippen molar-refractivity contribution in [3.63, 3.8) is 0 Å². The Balaban J connectivity index is 1.49. The van der Waals surface area contributed by atoms with Crippen LogP contribution in [0.15, 0.2) is 48.5 Å². The molecule has 1 amide bonds. The monoisotopic (exact) mass is 330 g/mol. The first-order valence-corrected chi connectivity index (χ1v) is 8.15. The van der Waals surface area contributed by atoms with Crippen molar-refractivity contribution in [3.8, 4) is 0 Å². The molecule has 3 nitrogen and oxygen atoms in total. The Kier molecular flexibility index (Phi) is 5.08. The van der Waals surface area contributed by atoms with E-state index in [1.165, 1.54) is 18.2 Å². The van der Waals surface area contributed by atoms with Crippen LogP contribution in [0.25, 0.3) is 0 Å². The molecule has 0 aliphatic carbocycles. The SMILES string of the molecule is O=C(Cc1ccccc1F)NC1CCN(c2ccc(F)cc2)CC1. The number of hydrogen-bond donors (Lipinski definition) is 1. The second-order valence-electron chi connectivity index (χ2n) is 6.07. The van der Waals surface area contributed by atoms with Gasteiger partial charge in [0, 0.05) is 24.8 Å². The number of nitrogens with one attached hydrogen (secondary N) is 1. The number of piperidine rings is 1. The van der Waals surface area contributed by atoms with Gasteiger partial charge in [-0.3, -0.25) is 4.79 Å². The molecular formula is C19H20F2N2O. The molecule has 1 saturated heterocycles. The number of halogens is 2. The topological polar surface area (TPSA) is 32.3 Å². The quantitative estimate of drug-likeness (QED) is 0.933. The van der Waals surface area contributed by atoms with E-state index >= 15 is 0 Å². The van der Waals surface area contributed by atoms with E-state index in [2.05, 4.69) is 10.2 Å². The number of amides is 1. The second-order valence-corrected chi connectivity index (χ2v) is 6.07. The third-order valence-electron chi connectivity index (χ3n) is 4.36. The van der Waals surface area contributed by atoms with E-state index in [0.717, 1.165) is 31.6 Å². The molecule has 0 aromatic heterocycles. The van der Waals surface area contributed by atoms with Crippen molar-refractivity contribution in [2.75, 3.05) is 18.0 Å². The van der Waals surface area contributed by atoms with E-state index in [-0.39, 0.29) is 30.0 Å². The predicted octanol–water partition coefficient (Wildman–Crippen LogP) is 3.29. The van der Waals surface area contributed by atoms with E-state index in [4.69, 9.17) is 0 Å². The van der Waals surface area contributed by atoms with Gasteiger partial charge in [-0.1, -0.05) is 18.2 Å². The van der Waals surface area contributed by atoms with Gasteiger partial charge in [-0.05, 0) is 48.7 Å². The summed E-state index contributed by atoms with van der Waals surface area (Å²) in [5.74, 6) is -0.742. The Hall–Kier alpha value is -2.43. The van der Waals surface area contributed by atoms with E-state index in [1.807, 2.05) is 0 Å². The van der Waals surface area contributed by atoms with Gasteiger partial charge in [0.1, 0.15) is 11.6 Å². The van der Waals surface area contributed by atoms with Crippen LogP contribution in [-0.2, 0) is 11.2 Å². The molecular weight excluding hydrogens is 310 g/mol. The minimum atomic E-state index is -0.348. The molecule has 1 fully saturated rings.